The minimum Gasteiger partial charge on any atom is -0.419 e. The van der Waals surface area contributed by atoms with Crippen LogP contribution >= 0.6 is 0 Å². The van der Waals surface area contributed by atoms with Crippen molar-refractivity contribution in [1.29, 1.82) is 0 Å². The Morgan fingerprint density at radius 2 is 1.19 bits per heavy atom. The normalized spacial score (nSPS) is 17.9. The van der Waals surface area contributed by atoms with E-state index < -0.39 is 11.7 Å². The summed E-state index contributed by atoms with van der Waals surface area (Å²) < 4.78 is 5.63. The first-order chi connectivity index (χ1) is 12.7. The van der Waals surface area contributed by atoms with Crippen LogP contribution in [0.3, 0.4) is 0 Å². The molecule has 26 heavy (non-hydrogen) atoms. The summed E-state index contributed by atoms with van der Waals surface area (Å²) in [5, 5.41) is 0. The molecule has 1 unspecified atom stereocenters. The van der Waals surface area contributed by atoms with Crippen molar-refractivity contribution in [3.05, 3.63) is 108 Å². The molecular formula is C22H15NO3. The van der Waals surface area contributed by atoms with Crippen molar-refractivity contribution in [2.45, 2.75) is 5.72 Å². The van der Waals surface area contributed by atoms with Gasteiger partial charge >= 0.3 is 11.7 Å². The molecule has 0 saturated carbocycles. The number of esters is 1. The summed E-state index contributed by atoms with van der Waals surface area (Å²) in [5.41, 5.74) is 0.467. The van der Waals surface area contributed by atoms with Crippen molar-refractivity contribution in [2.24, 2.45) is 4.99 Å². The number of carbonyl (C=O) groups excluding carboxylic acids is 2. The Kier molecular flexibility index (Phi) is 3.93. The molecule has 126 valence electrons. The van der Waals surface area contributed by atoms with Gasteiger partial charge in [-0.25, -0.2) is 9.79 Å². The van der Waals surface area contributed by atoms with Crippen molar-refractivity contribution >= 4 is 17.5 Å². The maximum Gasteiger partial charge on any atom is 0.341 e. The summed E-state index contributed by atoms with van der Waals surface area (Å²) in [6.45, 7) is 0. The maximum absolute atomic E-state index is 13.1. The summed E-state index contributed by atoms with van der Waals surface area (Å²) in [6.07, 6.45) is 0. The Labute approximate surface area is 150 Å². The van der Waals surface area contributed by atoms with E-state index >= 15 is 0 Å². The van der Waals surface area contributed by atoms with E-state index in [2.05, 4.69) is 4.99 Å². The number of carbonyl (C=O) groups is 2. The third kappa shape index (κ3) is 2.82. The monoisotopic (exact) mass is 341 g/mol. The molecule has 0 bridgehead atoms. The fourth-order valence-electron chi connectivity index (χ4n) is 2.81. The van der Waals surface area contributed by atoms with Gasteiger partial charge in [-0.1, -0.05) is 78.9 Å². The predicted molar refractivity (Wildman–Crippen MR) is 98.3 cm³/mol. The molecular weight excluding hydrogens is 326 g/mol. The Bertz CT molecular complexity index is 982. The zero-order valence-corrected chi connectivity index (χ0v) is 13.8. The molecule has 4 heteroatoms. The lowest BCUT2D eigenvalue weighted by Gasteiger charge is -2.16. The number of rotatable bonds is 5. The van der Waals surface area contributed by atoms with Crippen molar-refractivity contribution in [2.75, 3.05) is 0 Å². The second-order valence-corrected chi connectivity index (χ2v) is 5.92. The smallest absolute Gasteiger partial charge is 0.341 e. The molecule has 0 aliphatic carbocycles. The van der Waals surface area contributed by atoms with E-state index in [1.54, 1.807) is 48.5 Å². The van der Waals surface area contributed by atoms with Gasteiger partial charge in [-0.3, -0.25) is 4.79 Å². The second kappa shape index (κ2) is 6.41. The van der Waals surface area contributed by atoms with Gasteiger partial charge in [0.05, 0.1) is 5.56 Å². The van der Waals surface area contributed by atoms with Gasteiger partial charge in [0.25, 0.3) is 0 Å². The van der Waals surface area contributed by atoms with Gasteiger partial charge in [0.15, 0.2) is 0 Å². The van der Waals surface area contributed by atoms with E-state index in [4.69, 9.17) is 4.74 Å². The van der Waals surface area contributed by atoms with Crippen molar-refractivity contribution in [3.8, 4) is 0 Å². The number of benzene rings is 3. The van der Waals surface area contributed by atoms with Gasteiger partial charge in [-0.2, -0.15) is 0 Å². The molecule has 0 amide bonds. The van der Waals surface area contributed by atoms with Gasteiger partial charge in [-0.05, 0) is 12.1 Å². The number of aliphatic imine (C=N–C) groups is 1. The molecule has 0 fully saturated rings. The number of nitrogens with zero attached hydrogens (tertiary/aromatic N) is 1. The molecule has 3 aromatic carbocycles. The lowest BCUT2D eigenvalue weighted by Crippen LogP contribution is -2.36. The predicted octanol–water partition coefficient (Wildman–Crippen LogP) is 3.93. The average molecular weight is 341 g/mol. The highest BCUT2D eigenvalue weighted by Crippen LogP contribution is 2.38. The minimum atomic E-state index is -1.59. The summed E-state index contributed by atoms with van der Waals surface area (Å²) in [4.78, 5) is 30.0. The summed E-state index contributed by atoms with van der Waals surface area (Å²) >= 11 is 0. The van der Waals surface area contributed by atoms with Gasteiger partial charge in [0, 0.05) is 11.1 Å². The summed E-state index contributed by atoms with van der Waals surface area (Å²) in [7, 11) is 0. The van der Waals surface area contributed by atoms with E-state index in [-0.39, 0.29) is 5.78 Å². The van der Waals surface area contributed by atoms with Crippen LogP contribution in [-0.2, 0) is 4.74 Å². The molecule has 4 rings (SSSR count). The number of Topliss-reactive ketones (excluding diaryl/α,β-unsaturated/α-hetero) is 1. The highest BCUT2D eigenvalue weighted by Gasteiger charge is 2.58. The van der Waals surface area contributed by atoms with E-state index in [0.29, 0.717) is 16.8 Å². The zero-order chi connectivity index (χ0) is 18.0. The fraction of sp³-hybridized carbons (Fsp3) is 0.0455. The Hall–Kier alpha value is -3.53. The molecule has 0 saturated heterocycles. The highest BCUT2D eigenvalue weighted by atomic mass is 16.6. The number of ketones is 1. The SMILES string of the molecule is O=C(OC1(C(=O)c2ccccc2)N=C1c1ccccc1)c1ccccc1. The molecule has 1 aliphatic rings. The first-order valence-electron chi connectivity index (χ1n) is 8.25. The Morgan fingerprint density at radius 1 is 0.692 bits per heavy atom. The first-order valence-corrected chi connectivity index (χ1v) is 8.25. The summed E-state index contributed by atoms with van der Waals surface area (Å²) in [5.74, 6) is -0.925. The standard InChI is InChI=1S/C22H15NO3/c24-20(17-12-6-2-7-13-17)22(19(23-22)16-10-4-1-5-11-16)26-21(25)18-14-8-3-9-15-18/h1-15H. The van der Waals surface area contributed by atoms with Crippen molar-refractivity contribution in [1.82, 2.24) is 0 Å². The van der Waals surface area contributed by atoms with Crippen LogP contribution in [0.4, 0.5) is 0 Å². The van der Waals surface area contributed by atoms with Gasteiger partial charge in [0.1, 0.15) is 5.71 Å². The van der Waals surface area contributed by atoms with Crippen LogP contribution in [0.25, 0.3) is 0 Å². The van der Waals surface area contributed by atoms with Crippen LogP contribution in [0, 0.1) is 0 Å². The van der Waals surface area contributed by atoms with E-state index in [1.165, 1.54) is 0 Å². The quantitative estimate of drug-likeness (QED) is 0.522. The molecule has 0 N–H and O–H groups in total. The minimum absolute atomic E-state index is 0.346. The van der Waals surface area contributed by atoms with Crippen LogP contribution in [0.1, 0.15) is 26.3 Å². The molecule has 0 radical (unpaired) electrons. The average Bonchev–Trinajstić information content (AvgIpc) is 3.44. The Morgan fingerprint density at radius 3 is 1.77 bits per heavy atom. The molecule has 1 atom stereocenters. The Balaban J connectivity index is 1.68. The largest absolute Gasteiger partial charge is 0.419 e. The van der Waals surface area contributed by atoms with Gasteiger partial charge in [0.2, 0.25) is 5.78 Å². The number of hydrogen-bond acceptors (Lipinski definition) is 4. The third-order valence-corrected chi connectivity index (χ3v) is 4.18. The molecule has 4 nitrogen and oxygen atoms in total. The number of ether oxygens (including phenoxy) is 1. The maximum atomic E-state index is 13.1. The van der Waals surface area contributed by atoms with Gasteiger partial charge < -0.3 is 4.74 Å². The van der Waals surface area contributed by atoms with Crippen molar-refractivity contribution in [3.63, 3.8) is 0 Å². The van der Waals surface area contributed by atoms with E-state index in [1.807, 2.05) is 42.5 Å². The van der Waals surface area contributed by atoms with Crippen LogP contribution in [-0.4, -0.2) is 23.2 Å². The molecule has 0 spiro atoms. The van der Waals surface area contributed by atoms with Crippen LogP contribution in [0.15, 0.2) is 96.0 Å². The topological polar surface area (TPSA) is 55.7 Å². The van der Waals surface area contributed by atoms with Crippen molar-refractivity contribution < 1.29 is 14.3 Å². The summed E-state index contributed by atoms with van der Waals surface area (Å²) in [6, 6.07) is 26.6. The van der Waals surface area contributed by atoms with Gasteiger partial charge in [-0.15, -0.1) is 0 Å². The fourth-order valence-corrected chi connectivity index (χ4v) is 2.81. The van der Waals surface area contributed by atoms with Crippen LogP contribution in [0.2, 0.25) is 0 Å². The molecule has 0 aromatic heterocycles. The number of hydrogen-bond donors (Lipinski definition) is 0. The van der Waals surface area contributed by atoms with E-state index in [0.717, 1.165) is 5.56 Å². The first kappa shape index (κ1) is 16.0. The molecule has 1 heterocycles. The molecule has 3 aromatic rings. The highest BCUT2D eigenvalue weighted by molar-refractivity contribution is 6.33. The van der Waals surface area contributed by atoms with Crippen LogP contribution < -0.4 is 0 Å². The van der Waals surface area contributed by atoms with Crippen LogP contribution in [0.5, 0.6) is 0 Å². The van der Waals surface area contributed by atoms with E-state index in [9.17, 15) is 9.59 Å². The third-order valence-electron chi connectivity index (χ3n) is 4.18. The molecule has 1 aliphatic heterocycles. The lowest BCUT2D eigenvalue weighted by molar-refractivity contribution is 0.0250. The second-order valence-electron chi connectivity index (χ2n) is 5.92. The lowest BCUT2D eigenvalue weighted by atomic mass is 9.99. The zero-order valence-electron chi connectivity index (χ0n) is 13.8.